The van der Waals surface area contributed by atoms with E-state index in [0.29, 0.717) is 21.6 Å². The van der Waals surface area contributed by atoms with Crippen molar-refractivity contribution in [3.63, 3.8) is 0 Å². The fraction of sp³-hybridized carbons (Fsp3) is 0.0714. The lowest BCUT2D eigenvalue weighted by atomic mass is 10.3. The molecular weight excluding hydrogens is 327 g/mol. The maximum atomic E-state index is 12.9. The predicted molar refractivity (Wildman–Crippen MR) is 79.1 cm³/mol. The van der Waals surface area contributed by atoms with Crippen LogP contribution >= 0.6 is 15.9 Å². The third-order valence-electron chi connectivity index (χ3n) is 2.43. The maximum Gasteiger partial charge on any atom is 0.262 e. The standard InChI is InChI=1S/C14H12BrFN2O2/c15-12-6-9(16)4-5-13(12)18-14(19)8-20-11-3-1-2-10(17)7-11/h1-7H,8,17H2,(H,18,19). The van der Waals surface area contributed by atoms with Gasteiger partial charge < -0.3 is 15.8 Å². The van der Waals surface area contributed by atoms with Gasteiger partial charge in [0.25, 0.3) is 5.91 Å². The molecule has 2 rings (SSSR count). The second-order valence-corrected chi connectivity index (χ2v) is 4.89. The van der Waals surface area contributed by atoms with E-state index >= 15 is 0 Å². The Balaban J connectivity index is 1.92. The molecule has 0 saturated carbocycles. The molecule has 0 aliphatic carbocycles. The van der Waals surface area contributed by atoms with Crippen molar-refractivity contribution in [2.45, 2.75) is 0 Å². The summed E-state index contributed by atoms with van der Waals surface area (Å²) < 4.78 is 18.7. The van der Waals surface area contributed by atoms with Crippen LogP contribution in [0.1, 0.15) is 0 Å². The van der Waals surface area contributed by atoms with E-state index in [1.165, 1.54) is 18.2 Å². The molecule has 0 radical (unpaired) electrons. The number of hydrogen-bond donors (Lipinski definition) is 2. The summed E-state index contributed by atoms with van der Waals surface area (Å²) >= 11 is 3.17. The van der Waals surface area contributed by atoms with E-state index in [0.717, 1.165) is 0 Å². The Labute approximate surface area is 123 Å². The van der Waals surface area contributed by atoms with Crippen molar-refractivity contribution in [3.05, 3.63) is 52.8 Å². The SMILES string of the molecule is Nc1cccc(OCC(=O)Nc2ccc(F)cc2Br)c1. The number of hydrogen-bond acceptors (Lipinski definition) is 3. The Hall–Kier alpha value is -2.08. The molecule has 0 bridgehead atoms. The van der Waals surface area contributed by atoms with Crippen LogP contribution in [-0.2, 0) is 4.79 Å². The molecule has 2 aromatic rings. The summed E-state index contributed by atoms with van der Waals surface area (Å²) in [5.74, 6) is -0.219. The molecule has 0 unspecified atom stereocenters. The number of anilines is 2. The zero-order valence-corrected chi connectivity index (χ0v) is 12.0. The summed E-state index contributed by atoms with van der Waals surface area (Å²) in [5, 5.41) is 2.61. The first-order chi connectivity index (χ1) is 9.54. The van der Waals surface area contributed by atoms with Gasteiger partial charge in [0.2, 0.25) is 0 Å². The van der Waals surface area contributed by atoms with Gasteiger partial charge in [-0.15, -0.1) is 0 Å². The quantitative estimate of drug-likeness (QED) is 0.841. The molecule has 0 aliphatic heterocycles. The number of carbonyl (C=O) groups excluding carboxylic acids is 1. The third kappa shape index (κ3) is 3.96. The van der Waals surface area contributed by atoms with E-state index in [2.05, 4.69) is 21.2 Å². The highest BCUT2D eigenvalue weighted by molar-refractivity contribution is 9.10. The first-order valence-electron chi connectivity index (χ1n) is 5.78. The van der Waals surface area contributed by atoms with Crippen LogP contribution in [0.4, 0.5) is 15.8 Å². The number of nitrogens with one attached hydrogen (secondary N) is 1. The molecular formula is C14H12BrFN2O2. The lowest BCUT2D eigenvalue weighted by Crippen LogP contribution is -2.20. The van der Waals surface area contributed by atoms with E-state index in [9.17, 15) is 9.18 Å². The topological polar surface area (TPSA) is 64.3 Å². The van der Waals surface area contributed by atoms with Gasteiger partial charge in [0.1, 0.15) is 11.6 Å². The van der Waals surface area contributed by atoms with E-state index in [1.54, 1.807) is 24.3 Å². The molecule has 0 atom stereocenters. The van der Waals surface area contributed by atoms with Gasteiger partial charge >= 0.3 is 0 Å². The van der Waals surface area contributed by atoms with Gasteiger partial charge in [-0.25, -0.2) is 4.39 Å². The van der Waals surface area contributed by atoms with Gasteiger partial charge in [-0.1, -0.05) is 6.07 Å². The number of benzene rings is 2. The molecule has 2 aromatic carbocycles. The molecule has 1 amide bonds. The van der Waals surface area contributed by atoms with E-state index < -0.39 is 0 Å². The smallest absolute Gasteiger partial charge is 0.262 e. The normalized spacial score (nSPS) is 10.1. The Kier molecular flexibility index (Phi) is 4.57. The van der Waals surface area contributed by atoms with Gasteiger partial charge in [-0.3, -0.25) is 4.79 Å². The highest BCUT2D eigenvalue weighted by Gasteiger charge is 2.07. The maximum absolute atomic E-state index is 12.9. The minimum atomic E-state index is -0.383. The summed E-state index contributed by atoms with van der Waals surface area (Å²) in [6.45, 7) is -0.159. The molecule has 0 aromatic heterocycles. The number of halogens is 2. The Morgan fingerprint density at radius 3 is 2.80 bits per heavy atom. The van der Waals surface area contributed by atoms with E-state index in [4.69, 9.17) is 10.5 Å². The summed E-state index contributed by atoms with van der Waals surface area (Å²) in [4.78, 5) is 11.7. The van der Waals surface area contributed by atoms with E-state index in [-0.39, 0.29) is 18.3 Å². The molecule has 6 heteroatoms. The lowest BCUT2D eigenvalue weighted by molar-refractivity contribution is -0.118. The van der Waals surface area contributed by atoms with Crippen LogP contribution in [0.15, 0.2) is 46.9 Å². The second-order valence-electron chi connectivity index (χ2n) is 4.03. The van der Waals surface area contributed by atoms with Crippen molar-refractivity contribution in [2.24, 2.45) is 0 Å². The molecule has 0 aliphatic rings. The average Bonchev–Trinajstić information content (AvgIpc) is 2.40. The largest absolute Gasteiger partial charge is 0.484 e. The predicted octanol–water partition coefficient (Wildman–Crippen LogP) is 3.19. The van der Waals surface area contributed by atoms with Gasteiger partial charge in [0.15, 0.2) is 6.61 Å². The highest BCUT2D eigenvalue weighted by atomic mass is 79.9. The number of rotatable bonds is 4. The minimum Gasteiger partial charge on any atom is -0.484 e. The number of carbonyl (C=O) groups is 1. The van der Waals surface area contributed by atoms with Crippen LogP contribution in [-0.4, -0.2) is 12.5 Å². The van der Waals surface area contributed by atoms with Gasteiger partial charge in [-0.05, 0) is 46.3 Å². The van der Waals surface area contributed by atoms with Crippen LogP contribution in [0.5, 0.6) is 5.75 Å². The zero-order valence-electron chi connectivity index (χ0n) is 10.4. The second kappa shape index (κ2) is 6.38. The average molecular weight is 339 g/mol. The summed E-state index contributed by atoms with van der Waals surface area (Å²) in [5.41, 5.74) is 6.64. The Morgan fingerprint density at radius 2 is 2.10 bits per heavy atom. The van der Waals surface area contributed by atoms with Crippen LogP contribution in [0.25, 0.3) is 0 Å². The number of ether oxygens (including phenoxy) is 1. The molecule has 20 heavy (non-hydrogen) atoms. The summed E-state index contributed by atoms with van der Waals surface area (Å²) in [7, 11) is 0. The van der Waals surface area contributed by atoms with Crippen molar-refractivity contribution in [1.29, 1.82) is 0 Å². The Bertz CT molecular complexity index is 634. The number of nitrogen functional groups attached to an aromatic ring is 1. The van der Waals surface area contributed by atoms with Crippen LogP contribution in [0, 0.1) is 5.82 Å². The van der Waals surface area contributed by atoms with Crippen LogP contribution < -0.4 is 15.8 Å². The van der Waals surface area contributed by atoms with Gasteiger partial charge in [-0.2, -0.15) is 0 Å². The summed E-state index contributed by atoms with van der Waals surface area (Å²) in [6.07, 6.45) is 0. The molecule has 0 heterocycles. The van der Waals surface area contributed by atoms with Crippen molar-refractivity contribution >= 4 is 33.2 Å². The first-order valence-corrected chi connectivity index (χ1v) is 6.57. The van der Waals surface area contributed by atoms with Crippen molar-refractivity contribution in [2.75, 3.05) is 17.7 Å². The molecule has 0 saturated heterocycles. The zero-order chi connectivity index (χ0) is 14.5. The highest BCUT2D eigenvalue weighted by Crippen LogP contribution is 2.23. The molecule has 0 spiro atoms. The lowest BCUT2D eigenvalue weighted by Gasteiger charge is -2.09. The van der Waals surface area contributed by atoms with E-state index in [1.807, 2.05) is 0 Å². The molecule has 104 valence electrons. The number of amides is 1. The molecule has 0 fully saturated rings. The molecule has 4 nitrogen and oxygen atoms in total. The minimum absolute atomic E-state index is 0.159. The number of nitrogens with two attached hydrogens (primary N) is 1. The fourth-order valence-corrected chi connectivity index (χ4v) is 1.98. The van der Waals surface area contributed by atoms with Crippen molar-refractivity contribution in [1.82, 2.24) is 0 Å². The van der Waals surface area contributed by atoms with Crippen molar-refractivity contribution < 1.29 is 13.9 Å². The molecule has 3 N–H and O–H groups in total. The summed E-state index contributed by atoms with van der Waals surface area (Å²) in [6, 6.07) is 10.8. The van der Waals surface area contributed by atoms with Gasteiger partial charge in [0, 0.05) is 16.2 Å². The fourth-order valence-electron chi connectivity index (χ4n) is 1.53. The third-order valence-corrected chi connectivity index (χ3v) is 3.09. The first kappa shape index (κ1) is 14.3. The van der Waals surface area contributed by atoms with Gasteiger partial charge in [0.05, 0.1) is 5.69 Å². The van der Waals surface area contributed by atoms with Crippen LogP contribution in [0.3, 0.4) is 0 Å². The van der Waals surface area contributed by atoms with Crippen molar-refractivity contribution in [3.8, 4) is 5.75 Å². The Morgan fingerprint density at radius 1 is 1.30 bits per heavy atom. The monoisotopic (exact) mass is 338 g/mol. The van der Waals surface area contributed by atoms with Crippen LogP contribution in [0.2, 0.25) is 0 Å².